The molecule has 126 valence electrons. The largest absolute Gasteiger partial charge is 0.507 e. The van der Waals surface area contributed by atoms with Gasteiger partial charge in [0.05, 0.1) is 0 Å². The molecule has 0 saturated carbocycles. The number of aromatic hydroxyl groups is 1. The van der Waals surface area contributed by atoms with Gasteiger partial charge in [-0.15, -0.1) is 0 Å². The van der Waals surface area contributed by atoms with E-state index in [9.17, 15) is 14.7 Å². The van der Waals surface area contributed by atoms with E-state index < -0.39 is 11.9 Å². The summed E-state index contributed by atoms with van der Waals surface area (Å²) in [5.74, 6) is -1.07. The van der Waals surface area contributed by atoms with Crippen molar-refractivity contribution in [2.75, 3.05) is 0 Å². The number of rotatable bonds is 2. The third-order valence-electron chi connectivity index (χ3n) is 3.40. The molecule has 0 radical (unpaired) electrons. The molecule has 0 aliphatic heterocycles. The second kappa shape index (κ2) is 6.57. The van der Waals surface area contributed by atoms with Crippen LogP contribution in [0.4, 0.5) is 0 Å². The highest BCUT2D eigenvalue weighted by Crippen LogP contribution is 2.39. The van der Waals surface area contributed by atoms with E-state index in [4.69, 9.17) is 0 Å². The van der Waals surface area contributed by atoms with Crippen molar-refractivity contribution in [3.8, 4) is 5.75 Å². The minimum atomic E-state index is -0.708. The molecule has 0 aromatic heterocycles. The molecule has 1 aromatic carbocycles. The zero-order valence-corrected chi connectivity index (χ0v) is 15.0. The van der Waals surface area contributed by atoms with Gasteiger partial charge >= 0.3 is 11.9 Å². The first-order valence-electron chi connectivity index (χ1n) is 7.61. The molecule has 0 aliphatic rings. The number of phenolic OH excluding ortho intramolecular Hbond substituents is 1. The average Bonchev–Trinajstić information content (AvgIpc) is 2.33. The summed E-state index contributed by atoms with van der Waals surface area (Å²) in [7, 11) is 0. The summed E-state index contributed by atoms with van der Waals surface area (Å²) >= 11 is 0. The van der Waals surface area contributed by atoms with Crippen LogP contribution in [0.25, 0.3) is 6.08 Å². The number of carbonyl (C=O) groups is 2. The van der Waals surface area contributed by atoms with Gasteiger partial charge in [-0.3, -0.25) is 4.79 Å². The number of esters is 2. The molecule has 0 aliphatic carbocycles. The summed E-state index contributed by atoms with van der Waals surface area (Å²) in [6.07, 6.45) is 2.81. The van der Waals surface area contributed by atoms with Gasteiger partial charge in [0.1, 0.15) is 5.75 Å². The number of carbonyl (C=O) groups excluding carboxylic acids is 2. The third kappa shape index (κ3) is 5.23. The van der Waals surface area contributed by atoms with Gasteiger partial charge in [-0.05, 0) is 34.6 Å². The predicted molar refractivity (Wildman–Crippen MR) is 91.3 cm³/mol. The Morgan fingerprint density at radius 3 is 1.78 bits per heavy atom. The average molecular weight is 318 g/mol. The van der Waals surface area contributed by atoms with Crippen LogP contribution >= 0.6 is 0 Å². The van der Waals surface area contributed by atoms with E-state index in [1.807, 2.05) is 53.7 Å². The molecule has 0 heterocycles. The van der Waals surface area contributed by atoms with Gasteiger partial charge in [-0.2, -0.15) is 0 Å². The minimum Gasteiger partial charge on any atom is -0.507 e. The van der Waals surface area contributed by atoms with Crippen LogP contribution in [0.2, 0.25) is 0 Å². The molecule has 0 saturated heterocycles. The lowest BCUT2D eigenvalue weighted by Crippen LogP contribution is -2.17. The Balaban J connectivity index is 3.37. The van der Waals surface area contributed by atoms with Gasteiger partial charge in [0.2, 0.25) is 0 Å². The van der Waals surface area contributed by atoms with E-state index in [1.54, 1.807) is 6.08 Å². The Kier molecular flexibility index (Phi) is 5.41. The van der Waals surface area contributed by atoms with E-state index in [2.05, 4.69) is 4.74 Å². The van der Waals surface area contributed by atoms with Crippen molar-refractivity contribution in [3.63, 3.8) is 0 Å². The van der Waals surface area contributed by atoms with Crippen LogP contribution in [0.5, 0.6) is 5.75 Å². The zero-order valence-electron chi connectivity index (χ0n) is 15.0. The number of hydrogen-bond donors (Lipinski definition) is 1. The van der Waals surface area contributed by atoms with Gasteiger partial charge < -0.3 is 9.84 Å². The standard InChI is InChI=1S/C19H26O4/c1-12(20)23-16(21)9-8-13-10-14(18(2,3)4)17(22)15(11-13)19(5,6)7/h8-11,22H,1-7H3. The fraction of sp³-hybridized carbons (Fsp3) is 0.474. The Labute approximate surface area is 138 Å². The molecular formula is C19H26O4. The number of phenols is 1. The van der Waals surface area contributed by atoms with Crippen LogP contribution < -0.4 is 0 Å². The van der Waals surface area contributed by atoms with Crippen LogP contribution in [0.15, 0.2) is 18.2 Å². The fourth-order valence-corrected chi connectivity index (χ4v) is 2.24. The summed E-state index contributed by atoms with van der Waals surface area (Å²) in [6.45, 7) is 13.3. The lowest BCUT2D eigenvalue weighted by atomic mass is 9.78. The first kappa shape index (κ1) is 18.9. The summed E-state index contributed by atoms with van der Waals surface area (Å²) in [5.41, 5.74) is 1.91. The van der Waals surface area contributed by atoms with Gasteiger partial charge in [0, 0.05) is 24.1 Å². The smallest absolute Gasteiger partial charge is 0.338 e. The molecule has 1 aromatic rings. The minimum absolute atomic E-state index is 0.242. The van der Waals surface area contributed by atoms with E-state index in [1.165, 1.54) is 13.0 Å². The van der Waals surface area contributed by atoms with Gasteiger partial charge in [0.25, 0.3) is 0 Å². The molecule has 4 heteroatoms. The highest BCUT2D eigenvalue weighted by molar-refractivity contribution is 5.94. The molecule has 4 nitrogen and oxygen atoms in total. The highest BCUT2D eigenvalue weighted by Gasteiger charge is 2.26. The monoisotopic (exact) mass is 318 g/mol. The maximum Gasteiger partial charge on any atom is 0.338 e. The molecule has 0 fully saturated rings. The molecule has 23 heavy (non-hydrogen) atoms. The Morgan fingerprint density at radius 1 is 1.00 bits per heavy atom. The molecule has 0 bridgehead atoms. The fourth-order valence-electron chi connectivity index (χ4n) is 2.24. The highest BCUT2D eigenvalue weighted by atomic mass is 16.6. The van der Waals surface area contributed by atoms with Gasteiger partial charge in [0.15, 0.2) is 0 Å². The SMILES string of the molecule is CC(=O)OC(=O)C=Cc1cc(C(C)(C)C)c(O)c(C(C)(C)C)c1. The summed E-state index contributed by atoms with van der Waals surface area (Å²) < 4.78 is 4.48. The molecular weight excluding hydrogens is 292 g/mol. The van der Waals surface area contributed by atoms with E-state index in [0.29, 0.717) is 0 Å². The molecule has 1 N–H and O–H groups in total. The van der Waals surface area contributed by atoms with Crippen molar-refractivity contribution in [2.45, 2.75) is 59.3 Å². The van der Waals surface area contributed by atoms with Crippen LogP contribution in [0.3, 0.4) is 0 Å². The van der Waals surface area contributed by atoms with Crippen molar-refractivity contribution in [1.82, 2.24) is 0 Å². The molecule has 1 rings (SSSR count). The molecule has 0 atom stereocenters. The number of benzene rings is 1. The Bertz CT molecular complexity index is 605. The topological polar surface area (TPSA) is 63.6 Å². The van der Waals surface area contributed by atoms with Crippen molar-refractivity contribution < 1.29 is 19.4 Å². The lowest BCUT2D eigenvalue weighted by molar-refractivity contribution is -0.154. The quantitative estimate of drug-likeness (QED) is 0.507. The Hall–Kier alpha value is -2.10. The second-order valence-corrected chi connectivity index (χ2v) is 7.71. The van der Waals surface area contributed by atoms with Gasteiger partial charge in [-0.25, -0.2) is 4.79 Å². The normalized spacial score (nSPS) is 12.5. The summed E-state index contributed by atoms with van der Waals surface area (Å²) in [4.78, 5) is 22.2. The van der Waals surface area contributed by atoms with Crippen LogP contribution in [-0.2, 0) is 25.2 Å². The lowest BCUT2D eigenvalue weighted by Gasteiger charge is -2.27. The first-order valence-corrected chi connectivity index (χ1v) is 7.61. The summed E-state index contributed by atoms with van der Waals surface area (Å²) in [6, 6.07) is 3.70. The summed E-state index contributed by atoms with van der Waals surface area (Å²) in [5, 5.41) is 10.6. The van der Waals surface area contributed by atoms with Crippen molar-refractivity contribution in [3.05, 3.63) is 34.9 Å². The van der Waals surface area contributed by atoms with E-state index in [-0.39, 0.29) is 16.6 Å². The van der Waals surface area contributed by atoms with Gasteiger partial charge in [-0.1, -0.05) is 41.5 Å². The van der Waals surface area contributed by atoms with Crippen LogP contribution in [-0.4, -0.2) is 17.0 Å². The number of ether oxygens (including phenoxy) is 1. The molecule has 0 spiro atoms. The zero-order chi connectivity index (χ0) is 18.0. The maximum absolute atomic E-state index is 11.5. The molecule has 0 amide bonds. The molecule has 0 unspecified atom stereocenters. The number of hydrogen-bond acceptors (Lipinski definition) is 4. The van der Waals surface area contributed by atoms with E-state index in [0.717, 1.165) is 16.7 Å². The van der Waals surface area contributed by atoms with Crippen LogP contribution in [0, 0.1) is 0 Å². The Morgan fingerprint density at radius 2 is 1.43 bits per heavy atom. The van der Waals surface area contributed by atoms with Crippen molar-refractivity contribution in [2.24, 2.45) is 0 Å². The van der Waals surface area contributed by atoms with Crippen molar-refractivity contribution in [1.29, 1.82) is 0 Å². The second-order valence-electron chi connectivity index (χ2n) is 7.71. The first-order chi connectivity index (χ1) is 10.3. The third-order valence-corrected chi connectivity index (χ3v) is 3.40. The van der Waals surface area contributed by atoms with E-state index >= 15 is 0 Å². The van der Waals surface area contributed by atoms with Crippen molar-refractivity contribution >= 4 is 18.0 Å². The maximum atomic E-state index is 11.5. The predicted octanol–water partition coefficient (Wildman–Crippen LogP) is 4.09. The van der Waals surface area contributed by atoms with Crippen LogP contribution in [0.1, 0.15) is 65.2 Å².